The van der Waals surface area contributed by atoms with E-state index in [4.69, 9.17) is 11.6 Å². The van der Waals surface area contributed by atoms with E-state index in [9.17, 15) is 9.59 Å². The van der Waals surface area contributed by atoms with Crippen molar-refractivity contribution in [1.82, 2.24) is 10.6 Å². The third-order valence-corrected chi connectivity index (χ3v) is 3.74. The van der Waals surface area contributed by atoms with Crippen molar-refractivity contribution in [2.75, 3.05) is 13.1 Å². The fourth-order valence-corrected chi connectivity index (χ4v) is 2.38. The van der Waals surface area contributed by atoms with Crippen LogP contribution in [-0.4, -0.2) is 24.9 Å². The van der Waals surface area contributed by atoms with E-state index in [-0.39, 0.29) is 17.7 Å². The summed E-state index contributed by atoms with van der Waals surface area (Å²) in [6.07, 6.45) is 2.91. The lowest BCUT2D eigenvalue weighted by Crippen LogP contribution is -2.43. The van der Waals surface area contributed by atoms with Crippen LogP contribution in [0.3, 0.4) is 0 Å². The molecule has 1 saturated heterocycles. The average molecular weight is 295 g/mol. The molecule has 1 aromatic carbocycles. The minimum Gasteiger partial charge on any atom is -0.356 e. The molecule has 0 aromatic heterocycles. The summed E-state index contributed by atoms with van der Waals surface area (Å²) in [5.41, 5.74) is 1.22. The van der Waals surface area contributed by atoms with Crippen LogP contribution in [0.25, 0.3) is 0 Å². The maximum atomic E-state index is 11.9. The summed E-state index contributed by atoms with van der Waals surface area (Å²) in [7, 11) is 0. The number of carbonyl (C=O) groups is 2. The monoisotopic (exact) mass is 294 g/mol. The standard InChI is InChI=1S/C15H19ClN2O2/c16-13-6-3-11(4-7-13)2-1-9-17-15(20)12-5-8-14(19)18-10-12/h3-4,6-7,12H,1-2,5,8-10H2,(H,17,20)(H,18,19)/t12-/m0/s1. The van der Waals surface area contributed by atoms with Gasteiger partial charge in [-0.1, -0.05) is 23.7 Å². The van der Waals surface area contributed by atoms with Crippen molar-refractivity contribution < 1.29 is 9.59 Å². The van der Waals surface area contributed by atoms with Gasteiger partial charge >= 0.3 is 0 Å². The molecular formula is C15H19ClN2O2. The summed E-state index contributed by atoms with van der Waals surface area (Å²) in [4.78, 5) is 22.9. The van der Waals surface area contributed by atoms with E-state index >= 15 is 0 Å². The molecule has 0 aliphatic carbocycles. The first-order chi connectivity index (χ1) is 9.65. The molecule has 1 atom stereocenters. The predicted molar refractivity (Wildman–Crippen MR) is 78.5 cm³/mol. The number of carbonyl (C=O) groups excluding carboxylic acids is 2. The van der Waals surface area contributed by atoms with Crippen LogP contribution in [0, 0.1) is 5.92 Å². The van der Waals surface area contributed by atoms with Crippen molar-refractivity contribution in [1.29, 1.82) is 0 Å². The topological polar surface area (TPSA) is 58.2 Å². The molecule has 1 aliphatic rings. The Labute approximate surface area is 123 Å². The highest BCUT2D eigenvalue weighted by Crippen LogP contribution is 2.12. The smallest absolute Gasteiger partial charge is 0.224 e. The second kappa shape index (κ2) is 7.29. The van der Waals surface area contributed by atoms with Crippen LogP contribution in [-0.2, 0) is 16.0 Å². The molecule has 0 bridgehead atoms. The van der Waals surface area contributed by atoms with E-state index in [2.05, 4.69) is 10.6 Å². The Morgan fingerprint density at radius 1 is 1.35 bits per heavy atom. The summed E-state index contributed by atoms with van der Waals surface area (Å²) in [6.45, 7) is 1.12. The Hall–Kier alpha value is -1.55. The molecule has 5 heteroatoms. The van der Waals surface area contributed by atoms with Crippen molar-refractivity contribution in [3.05, 3.63) is 34.9 Å². The van der Waals surface area contributed by atoms with Crippen LogP contribution in [0.4, 0.5) is 0 Å². The van der Waals surface area contributed by atoms with Gasteiger partial charge in [0, 0.05) is 24.5 Å². The summed E-state index contributed by atoms with van der Waals surface area (Å²) in [6, 6.07) is 7.75. The highest BCUT2D eigenvalue weighted by Gasteiger charge is 2.23. The Morgan fingerprint density at radius 3 is 2.75 bits per heavy atom. The molecule has 4 nitrogen and oxygen atoms in total. The van der Waals surface area contributed by atoms with Gasteiger partial charge in [-0.2, -0.15) is 0 Å². The summed E-state index contributed by atoms with van der Waals surface area (Å²) in [5, 5.41) is 6.39. The van der Waals surface area contributed by atoms with Crippen molar-refractivity contribution in [3.63, 3.8) is 0 Å². The van der Waals surface area contributed by atoms with Gasteiger partial charge in [0.25, 0.3) is 0 Å². The van der Waals surface area contributed by atoms with Gasteiger partial charge in [0.2, 0.25) is 11.8 Å². The molecular weight excluding hydrogens is 276 g/mol. The lowest BCUT2D eigenvalue weighted by molar-refractivity contribution is -0.128. The first-order valence-corrected chi connectivity index (χ1v) is 7.32. The van der Waals surface area contributed by atoms with E-state index in [0.717, 1.165) is 17.9 Å². The van der Waals surface area contributed by atoms with Crippen LogP contribution in [0.15, 0.2) is 24.3 Å². The molecule has 1 fully saturated rings. The molecule has 2 N–H and O–H groups in total. The highest BCUT2D eigenvalue weighted by atomic mass is 35.5. The molecule has 0 radical (unpaired) electrons. The Bertz CT molecular complexity index is 463. The molecule has 2 rings (SSSR count). The third-order valence-electron chi connectivity index (χ3n) is 3.49. The number of hydrogen-bond donors (Lipinski definition) is 2. The van der Waals surface area contributed by atoms with Gasteiger partial charge in [0.15, 0.2) is 0 Å². The number of nitrogens with one attached hydrogen (secondary N) is 2. The largest absolute Gasteiger partial charge is 0.356 e. The minimum absolute atomic E-state index is 0.0387. The number of rotatable bonds is 5. The van der Waals surface area contributed by atoms with E-state index in [0.29, 0.717) is 25.9 Å². The number of benzene rings is 1. The lowest BCUT2D eigenvalue weighted by Gasteiger charge is -2.21. The quantitative estimate of drug-likeness (QED) is 0.815. The second-order valence-electron chi connectivity index (χ2n) is 5.06. The molecule has 108 valence electrons. The van der Waals surface area contributed by atoms with Gasteiger partial charge in [-0.3, -0.25) is 9.59 Å². The summed E-state index contributed by atoms with van der Waals surface area (Å²) >= 11 is 5.82. The van der Waals surface area contributed by atoms with E-state index in [1.165, 1.54) is 5.56 Å². The van der Waals surface area contributed by atoms with Crippen LogP contribution >= 0.6 is 11.6 Å². The average Bonchev–Trinajstić information content (AvgIpc) is 2.46. The number of hydrogen-bond acceptors (Lipinski definition) is 2. The number of aryl methyl sites for hydroxylation is 1. The molecule has 0 spiro atoms. The first kappa shape index (κ1) is 14.9. The normalized spacial score (nSPS) is 18.4. The molecule has 1 heterocycles. The molecule has 20 heavy (non-hydrogen) atoms. The number of piperidine rings is 1. The van der Waals surface area contributed by atoms with Gasteiger partial charge < -0.3 is 10.6 Å². The second-order valence-corrected chi connectivity index (χ2v) is 5.50. The van der Waals surface area contributed by atoms with Crippen molar-refractivity contribution in [2.24, 2.45) is 5.92 Å². The fourth-order valence-electron chi connectivity index (χ4n) is 2.26. The highest BCUT2D eigenvalue weighted by molar-refractivity contribution is 6.30. The Morgan fingerprint density at radius 2 is 2.10 bits per heavy atom. The van der Waals surface area contributed by atoms with E-state index in [1.807, 2.05) is 24.3 Å². The third kappa shape index (κ3) is 4.53. The zero-order valence-corrected chi connectivity index (χ0v) is 12.1. The summed E-state index contributed by atoms with van der Waals surface area (Å²) < 4.78 is 0. The van der Waals surface area contributed by atoms with Crippen LogP contribution in [0.5, 0.6) is 0 Å². The predicted octanol–water partition coefficient (Wildman–Crippen LogP) is 1.91. The molecule has 2 amide bonds. The van der Waals surface area contributed by atoms with Gasteiger partial charge in [-0.25, -0.2) is 0 Å². The first-order valence-electron chi connectivity index (χ1n) is 6.94. The zero-order chi connectivity index (χ0) is 14.4. The maximum absolute atomic E-state index is 11.9. The Balaban J connectivity index is 1.64. The van der Waals surface area contributed by atoms with Crippen LogP contribution in [0.1, 0.15) is 24.8 Å². The van der Waals surface area contributed by atoms with Crippen molar-refractivity contribution in [3.8, 4) is 0 Å². The number of halogens is 1. The van der Waals surface area contributed by atoms with Crippen LogP contribution < -0.4 is 10.6 Å². The lowest BCUT2D eigenvalue weighted by atomic mass is 9.98. The fraction of sp³-hybridized carbons (Fsp3) is 0.467. The van der Waals surface area contributed by atoms with Gasteiger partial charge in [0.05, 0.1) is 5.92 Å². The van der Waals surface area contributed by atoms with E-state index in [1.54, 1.807) is 0 Å². The minimum atomic E-state index is -0.0803. The summed E-state index contributed by atoms with van der Waals surface area (Å²) in [5.74, 6) is 0.00104. The maximum Gasteiger partial charge on any atom is 0.224 e. The van der Waals surface area contributed by atoms with Crippen LogP contribution in [0.2, 0.25) is 5.02 Å². The SMILES string of the molecule is O=C1CC[C@H](C(=O)NCCCc2ccc(Cl)cc2)CN1. The van der Waals surface area contributed by atoms with Gasteiger partial charge in [-0.15, -0.1) is 0 Å². The Kier molecular flexibility index (Phi) is 5.41. The van der Waals surface area contributed by atoms with Gasteiger partial charge in [-0.05, 0) is 37.0 Å². The molecule has 1 aromatic rings. The van der Waals surface area contributed by atoms with E-state index < -0.39 is 0 Å². The van der Waals surface area contributed by atoms with Gasteiger partial charge in [0.1, 0.15) is 0 Å². The van der Waals surface area contributed by atoms with Crippen molar-refractivity contribution in [2.45, 2.75) is 25.7 Å². The zero-order valence-electron chi connectivity index (χ0n) is 11.3. The number of amides is 2. The molecule has 0 unspecified atom stereocenters. The molecule has 1 aliphatic heterocycles. The molecule has 0 saturated carbocycles. The van der Waals surface area contributed by atoms with Crippen molar-refractivity contribution >= 4 is 23.4 Å².